The van der Waals surface area contributed by atoms with Gasteiger partial charge in [0, 0.05) is 5.56 Å². The molecule has 4 rings (SSSR count). The molecule has 0 radical (unpaired) electrons. The monoisotopic (exact) mass is 400 g/mol. The highest BCUT2D eigenvalue weighted by Crippen LogP contribution is 2.47. The molecule has 1 heterocycles. The zero-order chi connectivity index (χ0) is 20.6. The van der Waals surface area contributed by atoms with E-state index in [1.165, 1.54) is 18.2 Å². The molecule has 3 aromatic carbocycles. The molecule has 0 bridgehead atoms. The van der Waals surface area contributed by atoms with Crippen LogP contribution in [-0.2, 0) is 5.60 Å². The minimum atomic E-state index is -5.18. The van der Waals surface area contributed by atoms with E-state index in [-0.39, 0.29) is 11.3 Å². The lowest BCUT2D eigenvalue weighted by atomic mass is 9.91. The molecule has 0 spiro atoms. The number of aromatic nitrogens is 2. The average Bonchev–Trinajstić information content (AvgIpc) is 3.13. The third kappa shape index (κ3) is 3.27. The molecule has 0 amide bonds. The number of aromatic amines is 1. The number of nitrogens with zero attached hydrogens (tertiary/aromatic N) is 1. The Morgan fingerprint density at radius 2 is 1.55 bits per heavy atom. The van der Waals surface area contributed by atoms with E-state index >= 15 is 0 Å². The number of alkyl halides is 3. The molecular weight excluding hydrogens is 385 g/mol. The van der Waals surface area contributed by atoms with Gasteiger partial charge in [0.15, 0.2) is 5.82 Å². The maximum absolute atomic E-state index is 14.1. The van der Waals surface area contributed by atoms with Crippen molar-refractivity contribution in [2.75, 3.05) is 0 Å². The van der Waals surface area contributed by atoms with E-state index in [1.807, 2.05) is 0 Å². The molecule has 0 saturated heterocycles. The van der Waals surface area contributed by atoms with Crippen molar-refractivity contribution in [1.82, 2.24) is 9.97 Å². The quantitative estimate of drug-likeness (QED) is 0.457. The molecule has 1 aromatic heterocycles. The number of hydrogen-bond acceptors (Lipinski definition) is 4. The molecular formula is C21H15F3N2O3. The van der Waals surface area contributed by atoms with Gasteiger partial charge in [0.2, 0.25) is 5.60 Å². The van der Waals surface area contributed by atoms with Gasteiger partial charge in [0.05, 0.1) is 11.0 Å². The maximum atomic E-state index is 14.1. The summed E-state index contributed by atoms with van der Waals surface area (Å²) in [6, 6.07) is 18.0. The summed E-state index contributed by atoms with van der Waals surface area (Å²) >= 11 is 0. The van der Waals surface area contributed by atoms with Crippen LogP contribution in [0.5, 0.6) is 17.2 Å². The largest absolute Gasteiger partial charge is 0.508 e. The molecule has 148 valence electrons. The smallest absolute Gasteiger partial charge is 0.429 e. The van der Waals surface area contributed by atoms with E-state index in [0.717, 1.165) is 12.1 Å². The molecule has 29 heavy (non-hydrogen) atoms. The van der Waals surface area contributed by atoms with E-state index < -0.39 is 28.9 Å². The molecule has 0 fully saturated rings. The summed E-state index contributed by atoms with van der Waals surface area (Å²) in [4.78, 5) is 6.41. The zero-order valence-corrected chi connectivity index (χ0v) is 14.8. The third-order valence-corrected chi connectivity index (χ3v) is 4.48. The van der Waals surface area contributed by atoms with Crippen LogP contribution >= 0.6 is 0 Å². The predicted molar refractivity (Wildman–Crippen MR) is 99.8 cm³/mol. The lowest BCUT2D eigenvalue weighted by molar-refractivity contribution is -0.251. The van der Waals surface area contributed by atoms with Crippen LogP contribution in [0.15, 0.2) is 72.8 Å². The Labute approximate surface area is 163 Å². The van der Waals surface area contributed by atoms with Crippen molar-refractivity contribution in [1.29, 1.82) is 0 Å². The Bertz CT molecular complexity index is 1130. The van der Waals surface area contributed by atoms with Crippen LogP contribution < -0.4 is 4.74 Å². The van der Waals surface area contributed by atoms with Crippen molar-refractivity contribution in [2.24, 2.45) is 0 Å². The number of phenolic OH excluding ortho intramolecular Hbond substituents is 1. The average molecular weight is 400 g/mol. The number of phenols is 1. The van der Waals surface area contributed by atoms with Gasteiger partial charge < -0.3 is 19.9 Å². The van der Waals surface area contributed by atoms with Crippen LogP contribution in [0.1, 0.15) is 11.4 Å². The first-order chi connectivity index (χ1) is 13.8. The topological polar surface area (TPSA) is 78.4 Å². The number of rotatable bonds is 4. The maximum Gasteiger partial charge on any atom is 0.429 e. The van der Waals surface area contributed by atoms with Gasteiger partial charge in [-0.25, -0.2) is 4.98 Å². The number of fused-ring (bicyclic) bond motifs is 1. The van der Waals surface area contributed by atoms with Gasteiger partial charge in [-0.2, -0.15) is 13.2 Å². The molecule has 1 unspecified atom stereocenters. The van der Waals surface area contributed by atoms with Crippen LogP contribution in [0.4, 0.5) is 13.2 Å². The first-order valence-electron chi connectivity index (χ1n) is 8.60. The normalized spacial score (nSPS) is 13.9. The Morgan fingerprint density at radius 1 is 0.862 bits per heavy atom. The van der Waals surface area contributed by atoms with E-state index in [2.05, 4.69) is 9.97 Å². The minimum Gasteiger partial charge on any atom is -0.508 e. The van der Waals surface area contributed by atoms with Crippen LogP contribution in [0, 0.1) is 0 Å². The standard InChI is InChI=1S/C21H15F3N2O3/c22-21(23,24)20(28,19-25-16-8-4-5-9-17(16)26-19)15-12-14(10-11-18(15)27)29-13-6-2-1-3-7-13/h1-12,27-28H,(H,25,26). The predicted octanol–water partition coefficient (Wildman–Crippen LogP) is 4.86. The fraction of sp³-hybridized carbons (Fsp3) is 0.0952. The molecule has 5 nitrogen and oxygen atoms in total. The summed E-state index contributed by atoms with van der Waals surface area (Å²) < 4.78 is 47.8. The number of ether oxygens (including phenoxy) is 1. The minimum absolute atomic E-state index is 0.0165. The van der Waals surface area contributed by atoms with Crippen molar-refractivity contribution in [3.05, 3.63) is 84.2 Å². The van der Waals surface area contributed by atoms with Gasteiger partial charge in [0.1, 0.15) is 17.2 Å². The molecule has 0 aliphatic rings. The number of para-hydroxylation sites is 3. The summed E-state index contributed by atoms with van der Waals surface area (Å²) in [5, 5.41) is 21.0. The summed E-state index contributed by atoms with van der Waals surface area (Å²) in [6.45, 7) is 0. The molecule has 3 N–H and O–H groups in total. The summed E-state index contributed by atoms with van der Waals surface area (Å²) in [6.07, 6.45) is -5.18. The highest BCUT2D eigenvalue weighted by Gasteiger charge is 2.60. The Kier molecular flexibility index (Phi) is 4.43. The van der Waals surface area contributed by atoms with Crippen LogP contribution in [-0.4, -0.2) is 26.4 Å². The van der Waals surface area contributed by atoms with E-state index in [1.54, 1.807) is 42.5 Å². The van der Waals surface area contributed by atoms with E-state index in [4.69, 9.17) is 4.74 Å². The SMILES string of the molecule is Oc1ccc(Oc2ccccc2)cc1C(O)(c1nc2ccccc2[nH]1)C(F)(F)F. The molecule has 8 heteroatoms. The molecule has 4 aromatic rings. The van der Waals surface area contributed by atoms with Gasteiger partial charge in [-0.15, -0.1) is 0 Å². The van der Waals surface area contributed by atoms with Crippen molar-refractivity contribution < 1.29 is 28.1 Å². The number of benzene rings is 3. The van der Waals surface area contributed by atoms with Gasteiger partial charge >= 0.3 is 6.18 Å². The third-order valence-electron chi connectivity index (χ3n) is 4.48. The molecule has 0 aliphatic carbocycles. The summed E-state index contributed by atoms with van der Waals surface area (Å²) in [5.74, 6) is -1.09. The number of H-pyrrole nitrogens is 1. The fourth-order valence-corrected chi connectivity index (χ4v) is 3.03. The number of hydrogen-bond donors (Lipinski definition) is 3. The van der Waals surface area contributed by atoms with Crippen LogP contribution in [0.2, 0.25) is 0 Å². The Hall–Kier alpha value is -3.52. The Balaban J connectivity index is 1.86. The lowest BCUT2D eigenvalue weighted by Crippen LogP contribution is -2.44. The second kappa shape index (κ2) is 6.82. The first kappa shape index (κ1) is 18.8. The van der Waals surface area contributed by atoms with Crippen LogP contribution in [0.3, 0.4) is 0 Å². The zero-order valence-electron chi connectivity index (χ0n) is 14.8. The van der Waals surface area contributed by atoms with E-state index in [0.29, 0.717) is 11.3 Å². The number of halogens is 3. The molecule has 0 aliphatic heterocycles. The highest BCUT2D eigenvalue weighted by molar-refractivity contribution is 5.75. The summed E-state index contributed by atoms with van der Waals surface area (Å²) in [7, 11) is 0. The van der Waals surface area contributed by atoms with Crippen molar-refractivity contribution in [3.63, 3.8) is 0 Å². The number of aliphatic hydroxyl groups is 1. The number of imidazole rings is 1. The lowest BCUT2D eigenvalue weighted by Gasteiger charge is -2.29. The second-order valence-corrected chi connectivity index (χ2v) is 6.40. The van der Waals surface area contributed by atoms with Gasteiger partial charge in [-0.05, 0) is 42.5 Å². The second-order valence-electron chi connectivity index (χ2n) is 6.40. The number of aromatic hydroxyl groups is 1. The van der Waals surface area contributed by atoms with Gasteiger partial charge in [0.25, 0.3) is 0 Å². The van der Waals surface area contributed by atoms with Crippen molar-refractivity contribution in [2.45, 2.75) is 11.8 Å². The highest BCUT2D eigenvalue weighted by atomic mass is 19.4. The summed E-state index contributed by atoms with van der Waals surface area (Å²) in [5.41, 5.74) is -3.80. The van der Waals surface area contributed by atoms with Gasteiger partial charge in [-0.1, -0.05) is 30.3 Å². The molecule has 1 atom stereocenters. The fourth-order valence-electron chi connectivity index (χ4n) is 3.03. The number of nitrogens with one attached hydrogen (secondary N) is 1. The Morgan fingerprint density at radius 3 is 2.24 bits per heavy atom. The molecule has 0 saturated carbocycles. The van der Waals surface area contributed by atoms with Gasteiger partial charge in [-0.3, -0.25) is 0 Å². The first-order valence-corrected chi connectivity index (χ1v) is 8.60. The van der Waals surface area contributed by atoms with Crippen molar-refractivity contribution in [3.8, 4) is 17.2 Å². The van der Waals surface area contributed by atoms with Crippen molar-refractivity contribution >= 4 is 11.0 Å². The van der Waals surface area contributed by atoms with E-state index in [9.17, 15) is 23.4 Å². The van der Waals surface area contributed by atoms with Crippen LogP contribution in [0.25, 0.3) is 11.0 Å².